The molecule has 0 bridgehead atoms. The van der Waals surface area contributed by atoms with Gasteiger partial charge in [0.1, 0.15) is 0 Å². The third kappa shape index (κ3) is 4.00. The van der Waals surface area contributed by atoms with Gasteiger partial charge in [-0.1, -0.05) is 67.2 Å². The molecule has 0 amide bonds. The molecule has 0 aromatic heterocycles. The van der Waals surface area contributed by atoms with Crippen molar-refractivity contribution in [1.29, 1.82) is 0 Å². The molecule has 0 spiro atoms. The quantitative estimate of drug-likeness (QED) is 0.496. The minimum Gasteiger partial charge on any atom is -0.462 e. The second-order valence-corrected chi connectivity index (χ2v) is 6.53. The summed E-state index contributed by atoms with van der Waals surface area (Å²) in [6.45, 7) is 3.82. The maximum atomic E-state index is 11.1. The summed E-state index contributed by atoms with van der Waals surface area (Å²) in [6, 6.07) is 20.7. The molecule has 0 aliphatic rings. The lowest BCUT2D eigenvalue weighted by Crippen LogP contribution is -2.06. The van der Waals surface area contributed by atoms with E-state index in [9.17, 15) is 4.79 Å². The Morgan fingerprint density at radius 2 is 1.50 bits per heavy atom. The minimum absolute atomic E-state index is 0.360. The van der Waals surface area contributed by atoms with E-state index in [1.807, 2.05) is 36.4 Å². The Balaban J connectivity index is 2.13. The van der Waals surface area contributed by atoms with Gasteiger partial charge in [0.15, 0.2) is 0 Å². The highest BCUT2D eigenvalue weighted by Gasteiger charge is 2.10. The number of thiol groups is 1. The van der Waals surface area contributed by atoms with Crippen molar-refractivity contribution < 1.29 is 9.53 Å². The SMILES string of the molecule is C=CC(=O)OCC[SH](c1ccccc1)c1ccccc1. The van der Waals surface area contributed by atoms with Crippen molar-refractivity contribution in [2.24, 2.45) is 0 Å². The van der Waals surface area contributed by atoms with E-state index in [4.69, 9.17) is 4.74 Å². The predicted octanol–water partition coefficient (Wildman–Crippen LogP) is 3.84. The van der Waals surface area contributed by atoms with E-state index in [0.717, 1.165) is 5.75 Å². The first-order chi connectivity index (χ1) is 9.81. The van der Waals surface area contributed by atoms with Crippen LogP contribution < -0.4 is 0 Å². The summed E-state index contributed by atoms with van der Waals surface area (Å²) in [7, 11) is -0.498. The smallest absolute Gasteiger partial charge is 0.330 e. The van der Waals surface area contributed by atoms with Crippen LogP contribution in [0.5, 0.6) is 0 Å². The summed E-state index contributed by atoms with van der Waals surface area (Å²) in [5, 5.41) is 0. The molecular weight excluding hydrogens is 268 g/mol. The van der Waals surface area contributed by atoms with Crippen LogP contribution >= 0.6 is 10.9 Å². The van der Waals surface area contributed by atoms with E-state index in [0.29, 0.717) is 6.61 Å². The molecule has 2 aromatic rings. The maximum Gasteiger partial charge on any atom is 0.330 e. The van der Waals surface area contributed by atoms with Crippen LogP contribution in [-0.2, 0) is 9.53 Å². The van der Waals surface area contributed by atoms with Crippen LogP contribution in [0.4, 0.5) is 0 Å². The number of rotatable bonds is 6. The summed E-state index contributed by atoms with van der Waals surface area (Å²) in [4.78, 5) is 13.7. The molecule has 2 rings (SSSR count). The van der Waals surface area contributed by atoms with Crippen molar-refractivity contribution in [2.45, 2.75) is 9.79 Å². The highest BCUT2D eigenvalue weighted by molar-refractivity contribution is 8.17. The summed E-state index contributed by atoms with van der Waals surface area (Å²) in [5.41, 5.74) is 0. The third-order valence-corrected chi connectivity index (χ3v) is 5.33. The average Bonchev–Trinajstić information content (AvgIpc) is 2.53. The van der Waals surface area contributed by atoms with Crippen molar-refractivity contribution in [3.05, 3.63) is 73.3 Å². The van der Waals surface area contributed by atoms with Crippen LogP contribution in [0.2, 0.25) is 0 Å². The molecule has 20 heavy (non-hydrogen) atoms. The van der Waals surface area contributed by atoms with Crippen molar-refractivity contribution in [3.63, 3.8) is 0 Å². The monoisotopic (exact) mass is 286 g/mol. The zero-order valence-electron chi connectivity index (χ0n) is 11.2. The van der Waals surface area contributed by atoms with Gasteiger partial charge in [-0.15, -0.1) is 0 Å². The van der Waals surface area contributed by atoms with E-state index in [1.165, 1.54) is 15.9 Å². The Labute approximate surface area is 122 Å². The minimum atomic E-state index is -0.498. The van der Waals surface area contributed by atoms with Crippen LogP contribution in [-0.4, -0.2) is 18.3 Å². The molecule has 0 saturated carbocycles. The molecule has 0 heterocycles. The van der Waals surface area contributed by atoms with Gasteiger partial charge in [-0.3, -0.25) is 0 Å². The molecule has 0 saturated heterocycles. The fourth-order valence-corrected chi connectivity index (χ4v) is 4.07. The van der Waals surface area contributed by atoms with E-state index in [1.54, 1.807) is 0 Å². The van der Waals surface area contributed by atoms with Crippen molar-refractivity contribution in [3.8, 4) is 0 Å². The average molecular weight is 286 g/mol. The standard InChI is InChI=1S/C17H18O2S/c1-2-17(18)19-13-14-20(15-9-5-3-6-10-15)16-11-7-4-8-12-16/h2-12,20H,1,13-14H2. The fraction of sp³-hybridized carbons (Fsp3) is 0.118. The molecule has 0 radical (unpaired) electrons. The number of carbonyl (C=O) groups excluding carboxylic acids is 1. The van der Waals surface area contributed by atoms with Gasteiger partial charge >= 0.3 is 5.97 Å². The Hall–Kier alpha value is -2.00. The number of carbonyl (C=O) groups is 1. The lowest BCUT2D eigenvalue weighted by Gasteiger charge is -2.22. The summed E-state index contributed by atoms with van der Waals surface area (Å²) in [5.74, 6) is 0.462. The van der Waals surface area contributed by atoms with Crippen LogP contribution in [0.1, 0.15) is 0 Å². The lowest BCUT2D eigenvalue weighted by molar-refractivity contribution is -0.137. The summed E-state index contributed by atoms with van der Waals surface area (Å²) < 4.78 is 5.12. The summed E-state index contributed by atoms with van der Waals surface area (Å²) >= 11 is 0. The summed E-state index contributed by atoms with van der Waals surface area (Å²) in [6.07, 6.45) is 1.20. The largest absolute Gasteiger partial charge is 0.462 e. The zero-order chi connectivity index (χ0) is 14.2. The number of hydrogen-bond donors (Lipinski definition) is 1. The van der Waals surface area contributed by atoms with Gasteiger partial charge in [0.05, 0.1) is 6.61 Å². The third-order valence-electron chi connectivity index (χ3n) is 2.86. The Morgan fingerprint density at radius 1 is 1.00 bits per heavy atom. The van der Waals surface area contributed by atoms with Gasteiger partial charge in [-0.25, -0.2) is 4.79 Å². The van der Waals surface area contributed by atoms with Crippen molar-refractivity contribution in [2.75, 3.05) is 12.4 Å². The molecule has 3 heteroatoms. The normalized spacial score (nSPS) is 10.7. The van der Waals surface area contributed by atoms with Crippen LogP contribution in [0.25, 0.3) is 0 Å². The van der Waals surface area contributed by atoms with Crippen molar-refractivity contribution >= 4 is 16.9 Å². The van der Waals surface area contributed by atoms with Gasteiger partial charge in [-0.2, -0.15) is 10.9 Å². The molecule has 2 aromatic carbocycles. The van der Waals surface area contributed by atoms with E-state index in [-0.39, 0.29) is 5.97 Å². The highest BCUT2D eigenvalue weighted by Crippen LogP contribution is 2.43. The maximum absolute atomic E-state index is 11.1. The molecule has 0 atom stereocenters. The van der Waals surface area contributed by atoms with Gasteiger partial charge in [0.25, 0.3) is 0 Å². The van der Waals surface area contributed by atoms with Gasteiger partial charge in [-0.05, 0) is 9.79 Å². The molecule has 0 aliphatic heterocycles. The first-order valence-electron chi connectivity index (χ1n) is 6.48. The van der Waals surface area contributed by atoms with E-state index in [2.05, 4.69) is 30.8 Å². The topological polar surface area (TPSA) is 26.3 Å². The fourth-order valence-electron chi connectivity index (χ4n) is 1.92. The van der Waals surface area contributed by atoms with Crippen LogP contribution in [0.3, 0.4) is 0 Å². The Morgan fingerprint density at radius 3 is 1.95 bits per heavy atom. The number of hydrogen-bond acceptors (Lipinski definition) is 2. The molecule has 2 nitrogen and oxygen atoms in total. The van der Waals surface area contributed by atoms with Crippen molar-refractivity contribution in [1.82, 2.24) is 0 Å². The Kier molecular flexibility index (Phi) is 5.44. The molecule has 0 N–H and O–H groups in total. The van der Waals surface area contributed by atoms with E-state index < -0.39 is 10.9 Å². The van der Waals surface area contributed by atoms with Gasteiger partial charge < -0.3 is 4.74 Å². The first kappa shape index (κ1) is 14.4. The highest BCUT2D eigenvalue weighted by atomic mass is 32.2. The number of benzene rings is 2. The molecule has 0 aliphatic carbocycles. The van der Waals surface area contributed by atoms with Crippen LogP contribution in [0, 0.1) is 0 Å². The van der Waals surface area contributed by atoms with E-state index >= 15 is 0 Å². The molecule has 104 valence electrons. The molecule has 0 fully saturated rings. The number of esters is 1. The van der Waals surface area contributed by atoms with Gasteiger partial charge in [0.2, 0.25) is 0 Å². The Bertz CT molecular complexity index is 512. The molecule has 0 unspecified atom stereocenters. The van der Waals surface area contributed by atoms with Gasteiger partial charge in [0, 0.05) is 11.8 Å². The van der Waals surface area contributed by atoms with Crippen LogP contribution in [0.15, 0.2) is 83.1 Å². The second-order valence-electron chi connectivity index (χ2n) is 4.19. The second kappa shape index (κ2) is 7.56. The molecular formula is C17H18O2S. The first-order valence-corrected chi connectivity index (χ1v) is 8.01. The number of ether oxygens (including phenoxy) is 1. The zero-order valence-corrected chi connectivity index (χ0v) is 12.1. The predicted molar refractivity (Wildman–Crippen MR) is 84.4 cm³/mol. The lowest BCUT2D eigenvalue weighted by atomic mass is 10.4.